The van der Waals surface area contributed by atoms with Crippen LogP contribution in [0.5, 0.6) is 17.2 Å². The first kappa shape index (κ1) is 35.1. The van der Waals surface area contributed by atoms with Crippen LogP contribution in [0.3, 0.4) is 0 Å². The van der Waals surface area contributed by atoms with E-state index in [0.29, 0.717) is 46.4 Å². The molecule has 0 unspecified atom stereocenters. The number of para-hydroxylation sites is 1. The molecular weight excluding hydrogens is 616 g/mol. The molecule has 0 aliphatic heterocycles. The minimum Gasteiger partial charge on any atom is -0.497 e. The zero-order valence-corrected chi connectivity index (χ0v) is 28.5. The maximum absolute atomic E-state index is 13.8. The zero-order chi connectivity index (χ0) is 33.8. The topological polar surface area (TPSA) is 109 Å². The average molecular weight is 659 g/mol. The van der Waals surface area contributed by atoms with Gasteiger partial charge in [-0.05, 0) is 80.0 Å². The molecule has 0 fully saturated rings. The second-order valence-corrected chi connectivity index (χ2v) is 11.3. The number of aromatic nitrogens is 2. The molecule has 0 saturated carbocycles. The molecule has 0 bridgehead atoms. The predicted molar refractivity (Wildman–Crippen MR) is 186 cm³/mol. The molecule has 4 rings (SSSR count). The van der Waals surface area contributed by atoms with E-state index >= 15 is 0 Å². The lowest BCUT2D eigenvalue weighted by Gasteiger charge is -2.23. The summed E-state index contributed by atoms with van der Waals surface area (Å²) in [7, 11) is 4.96. The molecule has 248 valence electrons. The van der Waals surface area contributed by atoms with Gasteiger partial charge in [0.2, 0.25) is 5.95 Å². The van der Waals surface area contributed by atoms with E-state index in [1.165, 1.54) is 16.7 Å². The van der Waals surface area contributed by atoms with Crippen LogP contribution in [0.4, 0.5) is 22.2 Å². The summed E-state index contributed by atoms with van der Waals surface area (Å²) in [5, 5.41) is 3.18. The molecule has 0 atom stereocenters. The third-order valence-electron chi connectivity index (χ3n) is 7.60. The SMILES string of the molecule is CCN(CC)CCN(C)C(=O)c1ccc(Nc2nccc(N(Cc3cc(OC)ccc3OC)C(=O)Oc3ccccc3SC)n2)cc1. The van der Waals surface area contributed by atoms with Gasteiger partial charge in [-0.2, -0.15) is 4.98 Å². The Morgan fingerprint density at radius 3 is 2.32 bits per heavy atom. The van der Waals surface area contributed by atoms with Gasteiger partial charge in [-0.3, -0.25) is 9.69 Å². The Morgan fingerprint density at radius 2 is 1.64 bits per heavy atom. The first-order valence-electron chi connectivity index (χ1n) is 15.3. The van der Waals surface area contributed by atoms with E-state index < -0.39 is 6.09 Å². The lowest BCUT2D eigenvalue weighted by atomic mass is 10.1. The molecule has 1 heterocycles. The van der Waals surface area contributed by atoms with Crippen molar-refractivity contribution >= 4 is 41.2 Å². The van der Waals surface area contributed by atoms with Crippen LogP contribution in [0.2, 0.25) is 0 Å². The summed E-state index contributed by atoms with van der Waals surface area (Å²) in [5.74, 6) is 2.15. The van der Waals surface area contributed by atoms with E-state index in [9.17, 15) is 9.59 Å². The predicted octanol–water partition coefficient (Wildman–Crippen LogP) is 6.58. The molecule has 0 radical (unpaired) electrons. The molecule has 0 saturated heterocycles. The van der Waals surface area contributed by atoms with E-state index in [0.717, 1.165) is 24.5 Å². The van der Waals surface area contributed by atoms with Gasteiger partial charge < -0.3 is 29.3 Å². The Balaban J connectivity index is 1.57. The Morgan fingerprint density at radius 1 is 0.894 bits per heavy atom. The van der Waals surface area contributed by atoms with E-state index in [4.69, 9.17) is 14.2 Å². The number of anilines is 3. The fourth-order valence-corrected chi connectivity index (χ4v) is 5.33. The summed E-state index contributed by atoms with van der Waals surface area (Å²) >= 11 is 1.48. The Kier molecular flexibility index (Phi) is 12.8. The number of carbonyl (C=O) groups is 2. The number of hydrogen-bond acceptors (Lipinski definition) is 10. The average Bonchev–Trinajstić information content (AvgIpc) is 3.11. The summed E-state index contributed by atoms with van der Waals surface area (Å²) in [6, 6.07) is 21.5. The van der Waals surface area contributed by atoms with Crippen LogP contribution in [0.15, 0.2) is 83.9 Å². The van der Waals surface area contributed by atoms with Crippen LogP contribution in [-0.4, -0.2) is 85.5 Å². The highest BCUT2D eigenvalue weighted by Crippen LogP contribution is 2.31. The van der Waals surface area contributed by atoms with Crippen LogP contribution in [0.1, 0.15) is 29.8 Å². The van der Waals surface area contributed by atoms with Crippen LogP contribution in [0, 0.1) is 0 Å². The monoisotopic (exact) mass is 658 g/mol. The Hall–Kier alpha value is -4.81. The molecule has 3 aromatic carbocycles. The number of benzene rings is 3. The molecule has 0 aliphatic rings. The maximum Gasteiger partial charge on any atom is 0.421 e. The number of nitrogens with one attached hydrogen (secondary N) is 1. The summed E-state index contributed by atoms with van der Waals surface area (Å²) in [5.41, 5.74) is 1.96. The zero-order valence-electron chi connectivity index (χ0n) is 27.7. The van der Waals surface area contributed by atoms with E-state index in [2.05, 4.69) is 34.0 Å². The van der Waals surface area contributed by atoms with Crippen molar-refractivity contribution in [1.29, 1.82) is 0 Å². The standard InChI is InChI=1S/C35H42N6O5S/c1-7-40(8-2)22-21-39(3)33(42)25-13-15-27(16-14-25)37-34-36-20-19-32(38-34)41(24-26-23-28(44-4)17-18-29(26)45-5)35(43)46-30-11-9-10-12-31(30)47-6/h9-20,23H,7-8,21-22,24H2,1-6H3,(H,36,37,38). The van der Waals surface area contributed by atoms with Gasteiger partial charge in [0.05, 0.1) is 20.8 Å². The highest BCUT2D eigenvalue weighted by Gasteiger charge is 2.24. The minimum atomic E-state index is -0.631. The molecule has 1 aromatic heterocycles. The molecule has 0 aliphatic carbocycles. The van der Waals surface area contributed by atoms with E-state index in [1.54, 1.807) is 79.9 Å². The molecule has 47 heavy (non-hydrogen) atoms. The van der Waals surface area contributed by atoms with Crippen LogP contribution in [0.25, 0.3) is 0 Å². The highest BCUT2D eigenvalue weighted by atomic mass is 32.2. The normalized spacial score (nSPS) is 10.8. The van der Waals surface area contributed by atoms with Crippen molar-refractivity contribution in [3.05, 3.63) is 90.1 Å². The van der Waals surface area contributed by atoms with E-state index in [-0.39, 0.29) is 18.4 Å². The fourth-order valence-electron chi connectivity index (χ4n) is 4.81. The van der Waals surface area contributed by atoms with Gasteiger partial charge in [0, 0.05) is 48.0 Å². The lowest BCUT2D eigenvalue weighted by Crippen LogP contribution is -2.36. The summed E-state index contributed by atoms with van der Waals surface area (Å²) in [6.07, 6.45) is 2.85. The van der Waals surface area contributed by atoms with Crippen molar-refractivity contribution in [3.63, 3.8) is 0 Å². The Bertz CT molecular complexity index is 1630. The number of amides is 2. The van der Waals surface area contributed by atoms with Crippen molar-refractivity contribution < 1.29 is 23.8 Å². The smallest absolute Gasteiger partial charge is 0.421 e. The van der Waals surface area contributed by atoms with E-state index in [1.807, 2.05) is 31.5 Å². The van der Waals surface area contributed by atoms with Crippen LogP contribution < -0.4 is 24.4 Å². The van der Waals surface area contributed by atoms with Gasteiger partial charge in [-0.1, -0.05) is 26.0 Å². The van der Waals surface area contributed by atoms with Gasteiger partial charge in [-0.15, -0.1) is 11.8 Å². The quantitative estimate of drug-likeness (QED) is 0.141. The van der Waals surface area contributed by atoms with Crippen LogP contribution >= 0.6 is 11.8 Å². The van der Waals surface area contributed by atoms with Crippen molar-refractivity contribution in [2.45, 2.75) is 25.3 Å². The third-order valence-corrected chi connectivity index (χ3v) is 8.38. The number of thioether (sulfide) groups is 1. The highest BCUT2D eigenvalue weighted by molar-refractivity contribution is 7.98. The number of ether oxygens (including phenoxy) is 3. The van der Waals surface area contributed by atoms with Gasteiger partial charge in [0.25, 0.3) is 5.91 Å². The maximum atomic E-state index is 13.8. The first-order valence-corrected chi connectivity index (χ1v) is 16.5. The Labute approximate surface area is 280 Å². The number of hydrogen-bond donors (Lipinski definition) is 1. The third kappa shape index (κ3) is 9.36. The van der Waals surface area contributed by atoms with Crippen molar-refractivity contribution in [2.24, 2.45) is 0 Å². The second-order valence-electron chi connectivity index (χ2n) is 10.5. The van der Waals surface area contributed by atoms with Gasteiger partial charge in [-0.25, -0.2) is 9.78 Å². The number of carbonyl (C=O) groups excluding carboxylic acids is 2. The molecule has 0 spiro atoms. The largest absolute Gasteiger partial charge is 0.497 e. The minimum absolute atomic E-state index is 0.0490. The number of methoxy groups -OCH3 is 2. The lowest BCUT2D eigenvalue weighted by molar-refractivity contribution is 0.0779. The van der Waals surface area contributed by atoms with Crippen molar-refractivity contribution in [1.82, 2.24) is 19.8 Å². The van der Waals surface area contributed by atoms with Crippen molar-refractivity contribution in [3.8, 4) is 17.2 Å². The number of likely N-dealkylation sites (N-methyl/N-ethyl adjacent to an activating group) is 2. The summed E-state index contributed by atoms with van der Waals surface area (Å²) in [4.78, 5) is 42.0. The van der Waals surface area contributed by atoms with Crippen LogP contribution in [-0.2, 0) is 6.54 Å². The van der Waals surface area contributed by atoms with Gasteiger partial charge >= 0.3 is 6.09 Å². The molecule has 4 aromatic rings. The summed E-state index contributed by atoms with van der Waals surface area (Å²) in [6.45, 7) is 7.67. The molecule has 2 amide bonds. The molecule has 1 N–H and O–H groups in total. The van der Waals surface area contributed by atoms with Gasteiger partial charge in [0.15, 0.2) is 0 Å². The van der Waals surface area contributed by atoms with Gasteiger partial charge in [0.1, 0.15) is 23.1 Å². The molecular formula is C35H42N6O5S. The first-order chi connectivity index (χ1) is 22.8. The molecule has 12 heteroatoms. The second kappa shape index (κ2) is 17.2. The van der Waals surface area contributed by atoms with Crippen molar-refractivity contribution in [2.75, 3.05) is 63.9 Å². The fraction of sp³-hybridized carbons (Fsp3) is 0.314. The molecule has 11 nitrogen and oxygen atoms in total. The summed E-state index contributed by atoms with van der Waals surface area (Å²) < 4.78 is 16.9. The number of rotatable bonds is 15. The number of nitrogens with zero attached hydrogens (tertiary/aromatic N) is 5.